The minimum Gasteiger partial charge on any atom is -0.550 e. The van der Waals surface area contributed by atoms with Crippen LogP contribution in [0.2, 0.25) is 0 Å². The zero-order valence-electron chi connectivity index (χ0n) is 29.4. The summed E-state index contributed by atoms with van der Waals surface area (Å²) in [7, 11) is 0. The third-order valence-corrected chi connectivity index (χ3v) is 4.58. The number of aromatic nitrogens is 4. The summed E-state index contributed by atoms with van der Waals surface area (Å²) in [4.78, 5) is 53.4. The fraction of sp³-hybridized carbons (Fsp3) is 0.125. The Morgan fingerprint density at radius 1 is 0.429 bits per heavy atom. The normalized spacial score (nSPS) is 9.00. The van der Waals surface area contributed by atoms with E-state index in [1.165, 1.54) is 24.9 Å². The summed E-state index contributed by atoms with van der Waals surface area (Å²) in [5, 5.41) is 81.5. The van der Waals surface area contributed by atoms with Crippen LogP contribution in [-0.2, 0) is 58.1 Å². The minimum absolute atomic E-state index is 0. The van der Waals surface area contributed by atoms with Crippen LogP contribution in [0.15, 0.2) is 118 Å². The molecule has 4 aromatic heterocycles. The number of carbonyl (C=O) groups is 4. The Morgan fingerprint density at radius 3 is 0.714 bits per heavy atom. The van der Waals surface area contributed by atoms with Gasteiger partial charge in [-0.15, -0.1) is 0 Å². The molecule has 8 N–H and O–H groups in total. The van der Waals surface area contributed by atoms with Gasteiger partial charge in [-0.2, -0.15) is 0 Å². The monoisotopic (exact) mass is 884 g/mol. The van der Waals surface area contributed by atoms with E-state index in [9.17, 15) is 39.6 Å². The van der Waals surface area contributed by atoms with Gasteiger partial charge in [-0.05, 0) is 74.2 Å². The van der Waals surface area contributed by atoms with Gasteiger partial charge in [0.2, 0.25) is 0 Å². The van der Waals surface area contributed by atoms with Gasteiger partial charge >= 0.3 is 39.0 Å². The van der Waals surface area contributed by atoms with E-state index in [-0.39, 0.29) is 49.9 Å². The van der Waals surface area contributed by atoms with E-state index >= 15 is 0 Å². The molecular weight excluding hydrogens is 851 g/mol. The quantitative estimate of drug-likeness (QED) is 0.0518. The maximum absolute atomic E-state index is 9.50. The van der Waals surface area contributed by atoms with Gasteiger partial charge in [0, 0.05) is 48.7 Å². The first-order valence-corrected chi connectivity index (χ1v) is 14.1. The third-order valence-electron chi connectivity index (χ3n) is 4.58. The average Bonchev–Trinajstić information content (AvgIpc) is 3.14. The number of carboxylic acid groups (broad SMARTS) is 4. The molecule has 0 amide bonds. The Morgan fingerprint density at radius 2 is 0.607 bits per heavy atom. The van der Waals surface area contributed by atoms with Gasteiger partial charge in [0.1, 0.15) is 0 Å². The van der Waals surface area contributed by atoms with Crippen molar-refractivity contribution in [1.29, 1.82) is 0 Å². The molecule has 0 fully saturated rings. The number of hydrogen-bond donors (Lipinski definition) is 4. The zero-order chi connectivity index (χ0) is 39.2. The number of hydrogen-bond acceptors (Lipinski definition) is 20. The molecule has 0 aliphatic rings. The van der Waals surface area contributed by atoms with Crippen LogP contribution in [0.3, 0.4) is 0 Å². The number of pyridine rings is 4. The molecule has 0 aromatic carbocycles. The molecule has 56 heavy (non-hydrogen) atoms. The zero-order valence-corrected chi connectivity index (χ0v) is 35.4. The summed E-state index contributed by atoms with van der Waals surface area (Å²) in [5.41, 5.74) is 2.61. The van der Waals surface area contributed by atoms with Gasteiger partial charge in [-0.1, -0.05) is 44.9 Å². The number of oxime groups is 4. The first-order chi connectivity index (χ1) is 25.0. The molecule has 24 heteroatoms. The largest absolute Gasteiger partial charge is 2.00 e. The standard InChI is InChI=1S/4C6H6N2O.2C4H6O4.2H2O.2Zn/c4*9-8-5-6-3-1-2-4-7-6;2*5-3(6)1-2-4(7)8;;;;/h4*1-5,9H;2*1-2H2,(H,5,6)(H,7,8);2*1H2;;/q;;;;;;;;2*+2/p-4/b4*8-5+;;;;;;. The molecule has 4 rings (SSSR count). The third kappa shape index (κ3) is 45.5. The van der Waals surface area contributed by atoms with Gasteiger partial charge in [-0.3, -0.25) is 19.9 Å². The molecule has 4 heterocycles. The minimum atomic E-state index is -1.37. The van der Waals surface area contributed by atoms with E-state index in [4.69, 9.17) is 20.8 Å². The first-order valence-electron chi connectivity index (χ1n) is 14.1. The van der Waals surface area contributed by atoms with E-state index < -0.39 is 49.6 Å². The van der Waals surface area contributed by atoms with Gasteiger partial charge in [-0.25, -0.2) is 0 Å². The second-order valence-corrected chi connectivity index (χ2v) is 8.48. The van der Waals surface area contributed by atoms with E-state index in [2.05, 4.69) is 40.6 Å². The number of nitrogens with zero attached hydrogens (tertiary/aromatic N) is 8. The predicted octanol–water partition coefficient (Wildman–Crippen LogP) is -3.56. The molecule has 0 spiro atoms. The van der Waals surface area contributed by atoms with Crippen LogP contribution in [0.4, 0.5) is 0 Å². The van der Waals surface area contributed by atoms with Crippen LogP contribution >= 0.6 is 0 Å². The molecule has 0 saturated heterocycles. The second kappa shape index (κ2) is 44.7. The number of rotatable bonds is 10. The van der Waals surface area contributed by atoms with Crippen molar-refractivity contribution in [3.05, 3.63) is 120 Å². The fourth-order valence-electron chi connectivity index (χ4n) is 2.45. The molecule has 0 unspecified atom stereocenters. The smallest absolute Gasteiger partial charge is 0.550 e. The second-order valence-electron chi connectivity index (χ2n) is 8.48. The maximum atomic E-state index is 9.50. The van der Waals surface area contributed by atoms with Crippen molar-refractivity contribution in [2.24, 2.45) is 20.6 Å². The van der Waals surface area contributed by atoms with Gasteiger partial charge in [0.15, 0.2) is 0 Å². The van der Waals surface area contributed by atoms with Crippen molar-refractivity contribution in [2.75, 3.05) is 0 Å². The van der Waals surface area contributed by atoms with Gasteiger partial charge < -0.3 is 71.4 Å². The summed E-state index contributed by atoms with van der Waals surface area (Å²) in [5.74, 6) is -5.47. The average molecular weight is 887 g/mol. The van der Waals surface area contributed by atoms with Crippen molar-refractivity contribution in [3.8, 4) is 0 Å². The predicted molar refractivity (Wildman–Crippen MR) is 180 cm³/mol. The molecule has 0 saturated carbocycles. The summed E-state index contributed by atoms with van der Waals surface area (Å²) < 4.78 is 0. The van der Waals surface area contributed by atoms with Crippen molar-refractivity contribution < 1.29 is 110 Å². The van der Waals surface area contributed by atoms with Crippen LogP contribution in [-0.4, -0.2) is 100 Å². The summed E-state index contributed by atoms with van der Waals surface area (Å²) in [6, 6.07) is 21.5. The Labute approximate surface area is 344 Å². The van der Waals surface area contributed by atoms with Crippen LogP contribution in [0, 0.1) is 0 Å². The number of carbonyl (C=O) groups excluding carboxylic acids is 4. The van der Waals surface area contributed by atoms with Crippen molar-refractivity contribution >= 4 is 48.7 Å². The topological polar surface area (TPSA) is 405 Å². The van der Waals surface area contributed by atoms with Crippen molar-refractivity contribution in [3.63, 3.8) is 0 Å². The van der Waals surface area contributed by atoms with Crippen LogP contribution in [0.5, 0.6) is 0 Å². The van der Waals surface area contributed by atoms with E-state index in [0.717, 1.165) is 0 Å². The van der Waals surface area contributed by atoms with Crippen LogP contribution < -0.4 is 20.4 Å². The molecule has 0 radical (unpaired) electrons. The Hall–Kier alpha value is -6.47. The summed E-state index contributed by atoms with van der Waals surface area (Å²) in [6.45, 7) is 0. The van der Waals surface area contributed by atoms with Crippen LogP contribution in [0.25, 0.3) is 0 Å². The molecule has 22 nitrogen and oxygen atoms in total. The van der Waals surface area contributed by atoms with Gasteiger partial charge in [0.05, 0.1) is 47.6 Å². The Bertz CT molecular complexity index is 1400. The van der Waals surface area contributed by atoms with E-state index in [0.29, 0.717) is 22.8 Å². The molecule has 4 aromatic rings. The fourth-order valence-corrected chi connectivity index (χ4v) is 2.45. The summed E-state index contributed by atoms with van der Waals surface area (Å²) >= 11 is 0. The van der Waals surface area contributed by atoms with Crippen molar-refractivity contribution in [1.82, 2.24) is 19.9 Å². The maximum Gasteiger partial charge on any atom is 2.00 e. The van der Waals surface area contributed by atoms with E-state index in [1.807, 2.05) is 24.3 Å². The molecule has 0 bridgehead atoms. The Kier molecular flexibility index (Phi) is 49.1. The number of aliphatic carboxylic acids is 4. The van der Waals surface area contributed by atoms with E-state index in [1.54, 1.807) is 73.3 Å². The Balaban J connectivity index is -0.000000132. The molecule has 0 aliphatic carbocycles. The summed E-state index contributed by atoms with van der Waals surface area (Å²) in [6.07, 6.45) is 9.78. The first kappa shape index (κ1) is 61.6. The SMILES string of the molecule is O.O.O/N=C/c1ccccn1.O/N=C/c1ccccn1.O/N=C/c1ccccn1.O/N=C/c1ccccn1.O=C([O-])CCC(=O)[O-].O=C([O-])CCC(=O)[O-].[Zn+2].[Zn+2]. The van der Waals surface area contributed by atoms with Crippen LogP contribution in [0.1, 0.15) is 48.5 Å². The number of carboxylic acids is 4. The molecule has 292 valence electrons. The van der Waals surface area contributed by atoms with Crippen molar-refractivity contribution in [2.45, 2.75) is 25.7 Å². The molecule has 0 aliphatic heterocycles. The van der Waals surface area contributed by atoms with Gasteiger partial charge in [0.25, 0.3) is 0 Å². The molecule has 0 atom stereocenters. The molecular formula is C32H36N8O14Zn2.